The van der Waals surface area contributed by atoms with Crippen molar-refractivity contribution in [2.24, 2.45) is 0 Å². The molecule has 17 heavy (non-hydrogen) atoms. The van der Waals surface area contributed by atoms with Crippen molar-refractivity contribution in [3.63, 3.8) is 0 Å². The predicted octanol–water partition coefficient (Wildman–Crippen LogP) is 3.49. The summed E-state index contributed by atoms with van der Waals surface area (Å²) in [4.78, 5) is 11.2. The summed E-state index contributed by atoms with van der Waals surface area (Å²) < 4.78 is 0. The molecule has 0 heterocycles. The highest BCUT2D eigenvalue weighted by Gasteiger charge is 2.18. The number of carboxylic acids is 1. The summed E-state index contributed by atoms with van der Waals surface area (Å²) >= 11 is 0. The van der Waals surface area contributed by atoms with Crippen LogP contribution in [0.5, 0.6) is 0 Å². The van der Waals surface area contributed by atoms with Crippen molar-refractivity contribution in [1.29, 1.82) is 0 Å². The number of aliphatic hydroxyl groups excluding tert-OH is 1. The molecular formula is C14H18O3. The van der Waals surface area contributed by atoms with E-state index >= 15 is 0 Å². The molecule has 0 bridgehead atoms. The Kier molecular flexibility index (Phi) is 5.27. The fourth-order valence-electron chi connectivity index (χ4n) is 1.75. The molecule has 3 heteroatoms. The number of benzene rings is 1. The van der Waals surface area contributed by atoms with Gasteiger partial charge in [-0.15, -0.1) is 0 Å². The van der Waals surface area contributed by atoms with Crippen LogP contribution in [0.3, 0.4) is 0 Å². The van der Waals surface area contributed by atoms with Gasteiger partial charge in [-0.25, -0.2) is 0 Å². The summed E-state index contributed by atoms with van der Waals surface area (Å²) in [5, 5.41) is 18.5. The molecule has 0 saturated heterocycles. The molecular weight excluding hydrogens is 216 g/mol. The van der Waals surface area contributed by atoms with E-state index in [1.54, 1.807) is 13.0 Å². The lowest BCUT2D eigenvalue weighted by molar-refractivity contribution is -0.139. The Labute approximate surface area is 101 Å². The van der Waals surface area contributed by atoms with Crippen molar-refractivity contribution in [1.82, 2.24) is 0 Å². The van der Waals surface area contributed by atoms with Gasteiger partial charge in [-0.05, 0) is 31.4 Å². The molecule has 0 aliphatic carbocycles. The Morgan fingerprint density at radius 3 is 2.47 bits per heavy atom. The maximum atomic E-state index is 11.2. The van der Waals surface area contributed by atoms with Gasteiger partial charge in [-0.3, -0.25) is 4.79 Å². The number of carbonyl (C=O) groups is 1. The maximum absolute atomic E-state index is 11.2. The zero-order chi connectivity index (χ0) is 12.7. The zero-order valence-electron chi connectivity index (χ0n) is 9.97. The summed E-state index contributed by atoms with van der Waals surface area (Å²) in [6.07, 6.45) is 3.38. The van der Waals surface area contributed by atoms with Crippen LogP contribution in [0.4, 0.5) is 0 Å². The van der Waals surface area contributed by atoms with E-state index in [0.717, 1.165) is 5.56 Å². The fourth-order valence-corrected chi connectivity index (χ4v) is 1.75. The summed E-state index contributed by atoms with van der Waals surface area (Å²) in [6.45, 7) is 1.77. The van der Waals surface area contributed by atoms with E-state index in [9.17, 15) is 15.0 Å². The van der Waals surface area contributed by atoms with Crippen LogP contribution in [0.2, 0.25) is 0 Å². The van der Waals surface area contributed by atoms with Gasteiger partial charge >= 0.3 is 5.97 Å². The maximum Gasteiger partial charge on any atom is 0.310 e. The smallest absolute Gasteiger partial charge is 0.310 e. The first-order chi connectivity index (χ1) is 8.15. The second-order valence-electron chi connectivity index (χ2n) is 3.97. The van der Waals surface area contributed by atoms with E-state index in [1.807, 2.05) is 30.3 Å². The van der Waals surface area contributed by atoms with Gasteiger partial charge in [0.2, 0.25) is 0 Å². The zero-order valence-corrected chi connectivity index (χ0v) is 9.97. The Bertz CT molecular complexity index is 382. The number of hydrogen-bond acceptors (Lipinski definition) is 2. The number of aliphatic hydroxyl groups is 1. The van der Waals surface area contributed by atoms with Crippen LogP contribution in [-0.2, 0) is 4.79 Å². The Balaban J connectivity index is 2.60. The van der Waals surface area contributed by atoms with Crippen LogP contribution < -0.4 is 0 Å². The molecule has 0 aliphatic heterocycles. The molecule has 1 atom stereocenters. The largest absolute Gasteiger partial charge is 0.513 e. The van der Waals surface area contributed by atoms with E-state index in [2.05, 4.69) is 0 Å². The van der Waals surface area contributed by atoms with E-state index in [4.69, 9.17) is 0 Å². The lowest BCUT2D eigenvalue weighted by Crippen LogP contribution is -2.11. The average molecular weight is 234 g/mol. The van der Waals surface area contributed by atoms with E-state index in [0.29, 0.717) is 25.0 Å². The third-order valence-electron chi connectivity index (χ3n) is 2.76. The van der Waals surface area contributed by atoms with Crippen molar-refractivity contribution in [2.75, 3.05) is 0 Å². The van der Waals surface area contributed by atoms with E-state index in [1.165, 1.54) is 0 Å². The molecule has 1 unspecified atom stereocenters. The summed E-state index contributed by atoms with van der Waals surface area (Å²) in [6, 6.07) is 9.21. The quantitative estimate of drug-likeness (QED) is 0.741. The molecule has 0 saturated carbocycles. The van der Waals surface area contributed by atoms with Gasteiger partial charge in [0.15, 0.2) is 0 Å². The monoisotopic (exact) mass is 234 g/mol. The molecule has 3 nitrogen and oxygen atoms in total. The highest BCUT2D eigenvalue weighted by molar-refractivity contribution is 5.75. The lowest BCUT2D eigenvalue weighted by Gasteiger charge is -2.12. The topological polar surface area (TPSA) is 57.5 Å². The highest BCUT2D eigenvalue weighted by atomic mass is 16.4. The number of aliphatic carboxylic acids is 1. The molecule has 0 radical (unpaired) electrons. The number of hydrogen-bond donors (Lipinski definition) is 2. The highest BCUT2D eigenvalue weighted by Crippen LogP contribution is 2.23. The van der Waals surface area contributed by atoms with Crippen molar-refractivity contribution < 1.29 is 15.0 Å². The lowest BCUT2D eigenvalue weighted by atomic mass is 9.93. The van der Waals surface area contributed by atoms with Gasteiger partial charge in [0.25, 0.3) is 0 Å². The fraction of sp³-hybridized carbons (Fsp3) is 0.357. The molecule has 0 amide bonds. The predicted molar refractivity (Wildman–Crippen MR) is 67.1 cm³/mol. The standard InChI is InChI=1S/C14H18O3/c1-2-12(15)9-6-10-13(14(16)17)11-7-4-3-5-8-11/h2-5,7-8,13,15H,6,9-10H2,1H3,(H,16,17). The molecule has 0 fully saturated rings. The second-order valence-corrected chi connectivity index (χ2v) is 3.97. The minimum absolute atomic E-state index is 0.321. The molecule has 0 aromatic heterocycles. The van der Waals surface area contributed by atoms with Crippen LogP contribution in [0.1, 0.15) is 37.7 Å². The first-order valence-electron chi connectivity index (χ1n) is 5.77. The van der Waals surface area contributed by atoms with Crippen molar-refractivity contribution in [3.8, 4) is 0 Å². The number of rotatable bonds is 6. The van der Waals surface area contributed by atoms with Gasteiger partial charge in [0.05, 0.1) is 11.7 Å². The van der Waals surface area contributed by atoms with Gasteiger partial charge in [-0.2, -0.15) is 0 Å². The first kappa shape index (κ1) is 13.3. The molecule has 92 valence electrons. The third-order valence-corrected chi connectivity index (χ3v) is 2.76. The molecule has 0 aliphatic rings. The summed E-state index contributed by atoms with van der Waals surface area (Å²) in [5.74, 6) is -0.973. The van der Waals surface area contributed by atoms with Crippen molar-refractivity contribution in [2.45, 2.75) is 32.1 Å². The van der Waals surface area contributed by atoms with Gasteiger partial charge < -0.3 is 10.2 Å². The minimum Gasteiger partial charge on any atom is -0.513 e. The number of carboxylic acid groups (broad SMARTS) is 1. The first-order valence-corrected chi connectivity index (χ1v) is 5.77. The molecule has 1 aromatic rings. The summed E-state index contributed by atoms with van der Waals surface area (Å²) in [5.41, 5.74) is 0.819. The Hall–Kier alpha value is -1.77. The molecule has 1 rings (SSSR count). The van der Waals surface area contributed by atoms with Gasteiger partial charge in [-0.1, -0.05) is 30.3 Å². The Morgan fingerprint density at radius 2 is 1.94 bits per heavy atom. The van der Waals surface area contributed by atoms with Crippen LogP contribution in [0, 0.1) is 0 Å². The van der Waals surface area contributed by atoms with Crippen LogP contribution in [0.25, 0.3) is 0 Å². The summed E-state index contributed by atoms with van der Waals surface area (Å²) in [7, 11) is 0. The third kappa shape index (κ3) is 4.31. The van der Waals surface area contributed by atoms with Crippen molar-refractivity contribution >= 4 is 5.97 Å². The van der Waals surface area contributed by atoms with Crippen LogP contribution in [-0.4, -0.2) is 16.2 Å². The minimum atomic E-state index is -0.809. The SMILES string of the molecule is CC=C(O)CCCC(C(=O)O)c1ccccc1. The van der Waals surface area contributed by atoms with Crippen molar-refractivity contribution in [3.05, 3.63) is 47.7 Å². The number of allylic oxidation sites excluding steroid dienone is 2. The molecule has 1 aromatic carbocycles. The van der Waals surface area contributed by atoms with Gasteiger partial charge in [0.1, 0.15) is 0 Å². The molecule has 2 N–H and O–H groups in total. The van der Waals surface area contributed by atoms with E-state index in [-0.39, 0.29) is 0 Å². The normalized spacial score (nSPS) is 13.4. The molecule has 0 spiro atoms. The second kappa shape index (κ2) is 6.74. The van der Waals surface area contributed by atoms with E-state index < -0.39 is 11.9 Å². The Morgan fingerprint density at radius 1 is 1.29 bits per heavy atom. The van der Waals surface area contributed by atoms with Gasteiger partial charge in [0, 0.05) is 6.42 Å². The average Bonchev–Trinajstić information content (AvgIpc) is 2.34. The van der Waals surface area contributed by atoms with Crippen LogP contribution >= 0.6 is 0 Å². The van der Waals surface area contributed by atoms with Crippen LogP contribution in [0.15, 0.2) is 42.2 Å².